The topological polar surface area (TPSA) is 108 Å². The van der Waals surface area contributed by atoms with Crippen molar-refractivity contribution in [2.24, 2.45) is 5.73 Å². The second-order valence-corrected chi connectivity index (χ2v) is 12.6. The van der Waals surface area contributed by atoms with Crippen LogP contribution in [0.25, 0.3) is 17.5 Å². The number of carbonyl (C=O) groups excluding carboxylic acids is 1. The highest BCUT2D eigenvalue weighted by Gasteiger charge is 2.42. The number of esters is 1. The van der Waals surface area contributed by atoms with Crippen LogP contribution in [0, 0.1) is 0 Å². The van der Waals surface area contributed by atoms with Crippen molar-refractivity contribution in [3.05, 3.63) is 99.6 Å². The molecule has 0 radical (unpaired) electrons. The molecule has 3 aromatic heterocycles. The van der Waals surface area contributed by atoms with E-state index in [2.05, 4.69) is 0 Å². The Morgan fingerprint density at radius 3 is 2.44 bits per heavy atom. The Bertz CT molecular complexity index is 1750. The van der Waals surface area contributed by atoms with Gasteiger partial charge in [0.05, 0.1) is 27.5 Å². The van der Waals surface area contributed by atoms with E-state index in [4.69, 9.17) is 10.5 Å². The molecule has 0 spiro atoms. The van der Waals surface area contributed by atoms with Crippen LogP contribution >= 0.6 is 34.0 Å². The Morgan fingerprint density at radius 1 is 1.08 bits per heavy atom. The smallest absolute Gasteiger partial charge is 0.338 e. The number of allylic oxidation sites excluding steroid dienone is 1. The highest BCUT2D eigenvalue weighted by molar-refractivity contribution is 7.95. The van der Waals surface area contributed by atoms with Crippen LogP contribution < -0.4 is 20.5 Å². The minimum Gasteiger partial charge on any atom is -0.463 e. The molecular formula is C25H20N2O5S4. The van der Waals surface area contributed by atoms with Gasteiger partial charge in [0, 0.05) is 9.75 Å². The van der Waals surface area contributed by atoms with Gasteiger partial charge in [0.2, 0.25) is 9.84 Å². The van der Waals surface area contributed by atoms with Gasteiger partial charge in [-0.3, -0.25) is 9.36 Å². The van der Waals surface area contributed by atoms with E-state index in [0.29, 0.717) is 9.41 Å². The normalized spacial score (nSPS) is 16.3. The van der Waals surface area contributed by atoms with Gasteiger partial charge in [-0.2, -0.15) is 0 Å². The predicted octanol–water partition coefficient (Wildman–Crippen LogP) is 2.93. The molecule has 1 aliphatic heterocycles. The lowest BCUT2D eigenvalue weighted by atomic mass is 9.95. The molecule has 11 heteroatoms. The summed E-state index contributed by atoms with van der Waals surface area (Å²) in [5.74, 6) is -1.93. The molecule has 2 N–H and O–H groups in total. The molecule has 4 aromatic rings. The van der Waals surface area contributed by atoms with Gasteiger partial charge in [0.1, 0.15) is 15.4 Å². The number of rotatable bonds is 6. The van der Waals surface area contributed by atoms with Crippen LogP contribution in [0.1, 0.15) is 22.6 Å². The summed E-state index contributed by atoms with van der Waals surface area (Å²) in [7, 11) is -4.20. The first-order valence-corrected chi connectivity index (χ1v) is 14.9. The molecule has 184 valence electrons. The molecule has 1 atom stereocenters. The number of hydrogen-bond acceptors (Lipinski definition) is 9. The predicted molar refractivity (Wildman–Crippen MR) is 144 cm³/mol. The molecule has 0 bridgehead atoms. The molecule has 5 rings (SSSR count). The molecule has 0 amide bonds. The van der Waals surface area contributed by atoms with Crippen LogP contribution in [0.15, 0.2) is 80.0 Å². The number of ether oxygens (including phenoxy) is 1. The number of hydrogen-bond donors (Lipinski definition) is 1. The van der Waals surface area contributed by atoms with Crippen molar-refractivity contribution < 1.29 is 17.9 Å². The maximum Gasteiger partial charge on any atom is 0.338 e. The van der Waals surface area contributed by atoms with Crippen molar-refractivity contribution in [3.63, 3.8) is 0 Å². The zero-order chi connectivity index (χ0) is 25.4. The van der Waals surface area contributed by atoms with Crippen LogP contribution in [0.4, 0.5) is 0 Å². The lowest BCUT2D eigenvalue weighted by molar-refractivity contribution is -0.136. The van der Waals surface area contributed by atoms with Crippen molar-refractivity contribution in [1.82, 2.24) is 4.57 Å². The van der Waals surface area contributed by atoms with E-state index < -0.39 is 27.3 Å². The fourth-order valence-electron chi connectivity index (χ4n) is 4.06. The van der Waals surface area contributed by atoms with Crippen LogP contribution in [0.3, 0.4) is 0 Å². The highest BCUT2D eigenvalue weighted by atomic mass is 32.2. The Kier molecular flexibility index (Phi) is 6.56. The van der Waals surface area contributed by atoms with Crippen molar-refractivity contribution in [2.75, 3.05) is 6.61 Å². The summed E-state index contributed by atoms with van der Waals surface area (Å²) in [6.45, 7) is 1.76. The van der Waals surface area contributed by atoms with Crippen molar-refractivity contribution in [1.29, 1.82) is 0 Å². The van der Waals surface area contributed by atoms with Gasteiger partial charge in [-0.15, -0.1) is 34.0 Å². The summed E-state index contributed by atoms with van der Waals surface area (Å²) in [5, 5.41) is 3.69. The standard InChI is InChI=1S/C25H20N2O5S4/c1-2-32-25(29)20-19(17-11-7-13-34-17)21(36(30,31)16-9-4-3-5-10-16)22(26)27-23(28)18(35-24(20)27)14-15-8-6-12-33-15/h3-14,19H,2,26H2,1H3. The Balaban J connectivity index is 1.92. The quantitative estimate of drug-likeness (QED) is 0.366. The minimum atomic E-state index is -4.20. The number of thiophene rings is 2. The van der Waals surface area contributed by atoms with E-state index in [1.807, 2.05) is 17.5 Å². The number of nitrogens with two attached hydrogens (primary N) is 1. The van der Waals surface area contributed by atoms with Gasteiger partial charge in [-0.05, 0) is 48.0 Å². The molecule has 0 fully saturated rings. The average Bonchev–Trinajstić information content (AvgIpc) is 3.63. The van der Waals surface area contributed by atoms with E-state index in [9.17, 15) is 18.0 Å². The van der Waals surface area contributed by atoms with E-state index >= 15 is 0 Å². The molecule has 4 heterocycles. The van der Waals surface area contributed by atoms with Gasteiger partial charge >= 0.3 is 5.97 Å². The van der Waals surface area contributed by atoms with Crippen molar-refractivity contribution in [2.45, 2.75) is 17.7 Å². The Labute approximate surface area is 218 Å². The molecule has 0 aliphatic carbocycles. The third-order valence-corrected chi connectivity index (χ3v) is 10.4. The average molecular weight is 557 g/mol. The van der Waals surface area contributed by atoms with Crippen LogP contribution in [0.2, 0.25) is 0 Å². The molecule has 0 saturated heterocycles. The van der Waals surface area contributed by atoms with Gasteiger partial charge < -0.3 is 10.5 Å². The molecule has 0 saturated carbocycles. The van der Waals surface area contributed by atoms with E-state index in [1.165, 1.54) is 34.8 Å². The van der Waals surface area contributed by atoms with Gasteiger partial charge in [0.15, 0.2) is 0 Å². The van der Waals surface area contributed by atoms with Crippen molar-refractivity contribution in [3.8, 4) is 0 Å². The van der Waals surface area contributed by atoms with Gasteiger partial charge in [-0.25, -0.2) is 13.2 Å². The van der Waals surface area contributed by atoms with Crippen molar-refractivity contribution >= 4 is 67.3 Å². The zero-order valence-corrected chi connectivity index (χ0v) is 22.2. The number of nitrogens with zero attached hydrogens (tertiary/aromatic N) is 1. The lowest BCUT2D eigenvalue weighted by Gasteiger charge is -2.27. The van der Waals surface area contributed by atoms with E-state index in [1.54, 1.807) is 48.7 Å². The summed E-state index contributed by atoms with van der Waals surface area (Å²) in [6.07, 6.45) is 1.71. The Hall–Kier alpha value is -3.25. The number of sulfone groups is 1. The van der Waals surface area contributed by atoms with Crippen LogP contribution in [-0.4, -0.2) is 25.6 Å². The monoisotopic (exact) mass is 556 g/mol. The first-order valence-electron chi connectivity index (χ1n) is 10.9. The van der Waals surface area contributed by atoms with Crippen LogP contribution in [0.5, 0.6) is 0 Å². The number of thiazole rings is 1. The summed E-state index contributed by atoms with van der Waals surface area (Å²) >= 11 is 3.85. The third kappa shape index (κ3) is 4.07. The van der Waals surface area contributed by atoms with Gasteiger partial charge in [-0.1, -0.05) is 30.3 Å². The first-order chi connectivity index (χ1) is 17.3. The fourth-order valence-corrected chi connectivity index (χ4v) is 8.55. The molecule has 1 unspecified atom stereocenters. The lowest BCUT2D eigenvalue weighted by Crippen LogP contribution is -2.41. The third-order valence-electron chi connectivity index (χ3n) is 5.58. The summed E-state index contributed by atoms with van der Waals surface area (Å²) < 4.78 is 35.1. The largest absolute Gasteiger partial charge is 0.463 e. The molecule has 1 aliphatic rings. The first kappa shape index (κ1) is 24.4. The summed E-state index contributed by atoms with van der Waals surface area (Å²) in [5.41, 5.74) is 6.12. The number of aromatic nitrogens is 1. The minimum absolute atomic E-state index is 0.0183. The number of carbonyl (C=O) groups is 1. The molecule has 36 heavy (non-hydrogen) atoms. The summed E-state index contributed by atoms with van der Waals surface area (Å²) in [6, 6.07) is 15.1. The second kappa shape index (κ2) is 9.66. The number of benzene rings is 1. The van der Waals surface area contributed by atoms with E-state index in [-0.39, 0.29) is 32.5 Å². The zero-order valence-electron chi connectivity index (χ0n) is 18.9. The van der Waals surface area contributed by atoms with Crippen LogP contribution in [-0.2, 0) is 19.4 Å². The molecular weight excluding hydrogens is 537 g/mol. The maximum atomic E-state index is 14.0. The second-order valence-electron chi connectivity index (χ2n) is 7.72. The number of fused-ring (bicyclic) bond motifs is 1. The SMILES string of the molecule is CCOC(=O)C1=c2sc(=Cc3cccs3)c(=O)n2C(N)=C(S(=O)(=O)c2ccccc2)C1c1cccs1. The molecule has 7 nitrogen and oxygen atoms in total. The van der Waals surface area contributed by atoms with E-state index in [0.717, 1.165) is 20.8 Å². The fraction of sp³-hybridized carbons (Fsp3) is 0.120. The highest BCUT2D eigenvalue weighted by Crippen LogP contribution is 2.43. The Morgan fingerprint density at radius 2 is 1.81 bits per heavy atom. The maximum absolute atomic E-state index is 14.0. The molecule has 1 aromatic carbocycles. The summed E-state index contributed by atoms with van der Waals surface area (Å²) in [4.78, 5) is 28.2. The van der Waals surface area contributed by atoms with Gasteiger partial charge in [0.25, 0.3) is 5.56 Å².